The van der Waals surface area contributed by atoms with E-state index in [9.17, 15) is 13.2 Å². The summed E-state index contributed by atoms with van der Waals surface area (Å²) in [4.78, 5) is 13.1. The van der Waals surface area contributed by atoms with Gasteiger partial charge in [-0.05, 0) is 57.0 Å². The number of sulfonamides is 1. The highest BCUT2D eigenvalue weighted by molar-refractivity contribution is 7.89. The third kappa shape index (κ3) is 4.55. The molecule has 1 aliphatic heterocycles. The van der Waals surface area contributed by atoms with Crippen LogP contribution in [0.5, 0.6) is 5.75 Å². The maximum atomic E-state index is 13.0. The summed E-state index contributed by atoms with van der Waals surface area (Å²) in [5.41, 5.74) is 1.47. The summed E-state index contributed by atoms with van der Waals surface area (Å²) in [5, 5.41) is 8.80. The number of carboxylic acid groups (broad SMARTS) is 1. The highest BCUT2D eigenvalue weighted by atomic mass is 32.2. The maximum absolute atomic E-state index is 13.0. The van der Waals surface area contributed by atoms with E-state index in [2.05, 4.69) is 0 Å². The predicted octanol–water partition coefficient (Wildman–Crippen LogP) is 1.87. The molecule has 1 fully saturated rings. The van der Waals surface area contributed by atoms with Crippen molar-refractivity contribution in [2.45, 2.75) is 44.0 Å². The molecule has 1 aromatic rings. The monoisotopic (exact) mass is 384 g/mol. The molecule has 0 bridgehead atoms. The first-order valence-electron chi connectivity index (χ1n) is 8.74. The van der Waals surface area contributed by atoms with Gasteiger partial charge in [0, 0.05) is 25.7 Å². The Morgan fingerprint density at radius 1 is 1.27 bits per heavy atom. The van der Waals surface area contributed by atoms with Crippen molar-refractivity contribution in [2.75, 3.05) is 33.8 Å². The van der Waals surface area contributed by atoms with Gasteiger partial charge in [-0.1, -0.05) is 0 Å². The molecule has 0 spiro atoms. The second-order valence-electron chi connectivity index (χ2n) is 6.85. The highest BCUT2D eigenvalue weighted by Crippen LogP contribution is 2.29. The van der Waals surface area contributed by atoms with E-state index in [0.717, 1.165) is 5.56 Å². The number of methoxy groups -OCH3 is 1. The van der Waals surface area contributed by atoms with Gasteiger partial charge in [-0.2, -0.15) is 4.31 Å². The molecule has 1 aliphatic rings. The van der Waals surface area contributed by atoms with Gasteiger partial charge < -0.3 is 14.7 Å². The van der Waals surface area contributed by atoms with Gasteiger partial charge in [0.1, 0.15) is 5.75 Å². The van der Waals surface area contributed by atoms with E-state index in [1.165, 1.54) is 4.31 Å². The number of rotatable bonds is 7. The second kappa shape index (κ2) is 8.37. The number of ether oxygens (including phenoxy) is 1. The largest absolute Gasteiger partial charge is 0.496 e. The topological polar surface area (TPSA) is 87.2 Å². The molecule has 0 unspecified atom stereocenters. The summed E-state index contributed by atoms with van der Waals surface area (Å²) in [6.07, 6.45) is 1.49. The van der Waals surface area contributed by atoms with Crippen LogP contribution in [0.1, 0.15) is 30.4 Å². The number of carbonyl (C=O) groups is 1. The van der Waals surface area contributed by atoms with E-state index in [0.29, 0.717) is 48.7 Å². The first kappa shape index (κ1) is 20.7. The van der Waals surface area contributed by atoms with Crippen molar-refractivity contribution in [1.29, 1.82) is 0 Å². The van der Waals surface area contributed by atoms with Crippen molar-refractivity contribution in [3.8, 4) is 5.75 Å². The van der Waals surface area contributed by atoms with E-state index in [-0.39, 0.29) is 12.5 Å². The van der Waals surface area contributed by atoms with Crippen molar-refractivity contribution >= 4 is 16.0 Å². The molecule has 8 heteroatoms. The molecule has 0 aliphatic carbocycles. The summed E-state index contributed by atoms with van der Waals surface area (Å²) in [7, 11) is -0.0813. The van der Waals surface area contributed by atoms with E-state index in [1.54, 1.807) is 26.2 Å². The second-order valence-corrected chi connectivity index (χ2v) is 8.75. The maximum Gasteiger partial charge on any atom is 0.304 e. The van der Waals surface area contributed by atoms with Gasteiger partial charge in [0.2, 0.25) is 10.0 Å². The third-order valence-corrected chi connectivity index (χ3v) is 7.08. The minimum Gasteiger partial charge on any atom is -0.496 e. The Morgan fingerprint density at radius 3 is 2.42 bits per heavy atom. The first-order chi connectivity index (χ1) is 12.2. The molecule has 1 aromatic carbocycles. The fourth-order valence-electron chi connectivity index (χ4n) is 3.38. The van der Waals surface area contributed by atoms with Gasteiger partial charge in [-0.15, -0.1) is 0 Å². The van der Waals surface area contributed by atoms with Crippen LogP contribution in [0.25, 0.3) is 0 Å². The molecule has 0 aromatic heterocycles. The van der Waals surface area contributed by atoms with Gasteiger partial charge in [0.25, 0.3) is 0 Å². The van der Waals surface area contributed by atoms with E-state index < -0.39 is 16.0 Å². The van der Waals surface area contributed by atoms with Crippen molar-refractivity contribution in [3.05, 3.63) is 23.3 Å². The molecule has 0 saturated carbocycles. The molecule has 1 heterocycles. The van der Waals surface area contributed by atoms with Crippen LogP contribution < -0.4 is 4.74 Å². The van der Waals surface area contributed by atoms with E-state index in [4.69, 9.17) is 9.84 Å². The minimum absolute atomic E-state index is 0.0966. The number of hydrogen-bond donors (Lipinski definition) is 1. The lowest BCUT2D eigenvalue weighted by molar-refractivity contribution is -0.137. The molecule has 0 radical (unpaired) electrons. The Kier molecular flexibility index (Phi) is 6.65. The lowest BCUT2D eigenvalue weighted by atomic mass is 10.1. The number of aryl methyl sites for hydroxylation is 2. The zero-order valence-electron chi connectivity index (χ0n) is 15.9. The molecule has 2 rings (SSSR count). The number of hydrogen-bond acceptors (Lipinski definition) is 5. The summed E-state index contributed by atoms with van der Waals surface area (Å²) in [5.74, 6) is -0.137. The van der Waals surface area contributed by atoms with Crippen molar-refractivity contribution in [3.63, 3.8) is 0 Å². The van der Waals surface area contributed by atoms with Crippen LogP contribution >= 0.6 is 0 Å². The Balaban J connectivity index is 2.08. The van der Waals surface area contributed by atoms with Gasteiger partial charge >= 0.3 is 5.97 Å². The van der Waals surface area contributed by atoms with Crippen LogP contribution in [0, 0.1) is 13.8 Å². The third-order valence-electron chi connectivity index (χ3n) is 5.04. The average Bonchev–Trinajstić information content (AvgIpc) is 2.61. The lowest BCUT2D eigenvalue weighted by Gasteiger charge is -2.36. The van der Waals surface area contributed by atoms with E-state index >= 15 is 0 Å². The SMILES string of the molecule is COc1cc(C)c(S(=O)(=O)N2CCC(N(C)CCC(=O)O)CC2)cc1C. The number of piperidine rings is 1. The summed E-state index contributed by atoms with van der Waals surface area (Å²) in [6.45, 7) is 4.97. The summed E-state index contributed by atoms with van der Waals surface area (Å²) in [6, 6.07) is 3.64. The summed E-state index contributed by atoms with van der Waals surface area (Å²) < 4.78 is 32.9. The molecular formula is C18H28N2O5S. The van der Waals surface area contributed by atoms with Crippen LogP contribution in [0.4, 0.5) is 0 Å². The normalized spacial score (nSPS) is 16.8. The lowest BCUT2D eigenvalue weighted by Crippen LogP contribution is -2.46. The molecular weight excluding hydrogens is 356 g/mol. The number of benzene rings is 1. The number of aliphatic carboxylic acids is 1. The van der Waals surface area contributed by atoms with Crippen molar-refractivity contribution < 1.29 is 23.1 Å². The molecule has 0 atom stereocenters. The molecule has 1 saturated heterocycles. The quantitative estimate of drug-likeness (QED) is 0.772. The smallest absolute Gasteiger partial charge is 0.304 e. The van der Waals surface area contributed by atoms with Crippen molar-refractivity contribution in [2.24, 2.45) is 0 Å². The zero-order chi connectivity index (χ0) is 19.5. The zero-order valence-corrected chi connectivity index (χ0v) is 16.7. The van der Waals surface area contributed by atoms with Gasteiger partial charge in [-0.25, -0.2) is 8.42 Å². The van der Waals surface area contributed by atoms with Crippen molar-refractivity contribution in [1.82, 2.24) is 9.21 Å². The Labute approximate surface area is 155 Å². The van der Waals surface area contributed by atoms with Crippen LogP contribution in [0.15, 0.2) is 17.0 Å². The van der Waals surface area contributed by atoms with E-state index in [1.807, 2.05) is 18.9 Å². The summed E-state index contributed by atoms with van der Waals surface area (Å²) >= 11 is 0. The van der Waals surface area contributed by atoms with Gasteiger partial charge in [-0.3, -0.25) is 4.79 Å². The Hall–Kier alpha value is -1.64. The standard InChI is InChI=1S/C18H28N2O5S/c1-13-12-17(14(2)11-16(13)25-4)26(23,24)20-9-5-15(6-10-20)19(3)8-7-18(21)22/h11-12,15H,5-10H2,1-4H3,(H,21,22). The Morgan fingerprint density at radius 2 is 1.88 bits per heavy atom. The molecule has 1 N–H and O–H groups in total. The Bertz CT molecular complexity index is 755. The number of carboxylic acids is 1. The number of nitrogens with zero attached hydrogens (tertiary/aromatic N) is 2. The minimum atomic E-state index is -3.55. The predicted molar refractivity (Wildman–Crippen MR) is 99.1 cm³/mol. The van der Waals surface area contributed by atoms with Crippen LogP contribution in [-0.2, 0) is 14.8 Å². The molecule has 26 heavy (non-hydrogen) atoms. The molecule has 7 nitrogen and oxygen atoms in total. The first-order valence-corrected chi connectivity index (χ1v) is 10.2. The molecule has 0 amide bonds. The average molecular weight is 384 g/mol. The van der Waals surface area contributed by atoms with Crippen LogP contribution in [-0.4, -0.2) is 68.5 Å². The van der Waals surface area contributed by atoms with Crippen LogP contribution in [0.2, 0.25) is 0 Å². The molecule has 146 valence electrons. The highest BCUT2D eigenvalue weighted by Gasteiger charge is 2.32. The van der Waals surface area contributed by atoms with Crippen LogP contribution in [0.3, 0.4) is 0 Å². The van der Waals surface area contributed by atoms with Gasteiger partial charge in [0.05, 0.1) is 18.4 Å². The van der Waals surface area contributed by atoms with Gasteiger partial charge in [0.15, 0.2) is 0 Å². The fourth-order valence-corrected chi connectivity index (χ4v) is 5.14. The fraction of sp³-hybridized carbons (Fsp3) is 0.611.